The monoisotopic (exact) mass is 384 g/mol. The van der Waals surface area contributed by atoms with Crippen LogP contribution in [0.2, 0.25) is 0 Å². The molecule has 4 aromatic rings. The van der Waals surface area contributed by atoms with E-state index in [0.29, 0.717) is 22.8 Å². The summed E-state index contributed by atoms with van der Waals surface area (Å²) < 4.78 is 0. The number of carbonyl (C=O) groups excluding carboxylic acids is 1. The highest BCUT2D eigenvalue weighted by Gasteiger charge is 2.12. The van der Waals surface area contributed by atoms with Gasteiger partial charge in [-0.25, -0.2) is 9.97 Å². The molecule has 0 saturated heterocycles. The molecule has 0 fully saturated rings. The summed E-state index contributed by atoms with van der Waals surface area (Å²) in [6, 6.07) is 20.9. The molecule has 0 atom stereocenters. The molecule has 0 aliphatic carbocycles. The zero-order valence-electron chi connectivity index (χ0n) is 15.5. The minimum Gasteiger partial charge on any atom is -0.340 e. The molecule has 0 spiro atoms. The second kappa shape index (κ2) is 7.47. The molecule has 0 saturated carbocycles. The second-order valence-electron chi connectivity index (χ2n) is 6.48. The molecule has 7 heteroatoms. The molecule has 7 nitrogen and oxygen atoms in total. The number of para-hydroxylation sites is 1. The van der Waals surface area contributed by atoms with Gasteiger partial charge in [0.25, 0.3) is 5.69 Å². The van der Waals surface area contributed by atoms with Crippen LogP contribution in [0.4, 0.5) is 17.2 Å². The number of nitrogens with zero attached hydrogens (tertiary/aromatic N) is 3. The SMILES string of the molecule is CC(=O)c1cccc(Nc2nc(-c3ccc([N+](=O)[O-])cc3)nc3ccccc23)c1. The third-order valence-electron chi connectivity index (χ3n) is 4.47. The Bertz CT molecular complexity index is 1240. The van der Waals surface area contributed by atoms with Crippen LogP contribution in [0.25, 0.3) is 22.3 Å². The van der Waals surface area contributed by atoms with E-state index in [9.17, 15) is 14.9 Å². The predicted octanol–water partition coefficient (Wildman–Crippen LogP) is 5.15. The Balaban J connectivity index is 1.80. The number of aromatic nitrogens is 2. The van der Waals surface area contributed by atoms with Crippen LogP contribution in [0.5, 0.6) is 0 Å². The van der Waals surface area contributed by atoms with Gasteiger partial charge in [0, 0.05) is 34.3 Å². The molecular weight excluding hydrogens is 368 g/mol. The summed E-state index contributed by atoms with van der Waals surface area (Å²) in [6.45, 7) is 1.52. The Morgan fingerprint density at radius 1 is 0.966 bits per heavy atom. The minimum absolute atomic E-state index is 0.00827. The van der Waals surface area contributed by atoms with E-state index in [1.165, 1.54) is 19.1 Å². The average molecular weight is 384 g/mol. The van der Waals surface area contributed by atoms with Crippen molar-refractivity contribution in [2.45, 2.75) is 6.92 Å². The predicted molar refractivity (Wildman–Crippen MR) is 111 cm³/mol. The molecule has 0 unspecified atom stereocenters. The van der Waals surface area contributed by atoms with Gasteiger partial charge in [0.05, 0.1) is 10.4 Å². The Morgan fingerprint density at radius 2 is 1.72 bits per heavy atom. The number of hydrogen-bond acceptors (Lipinski definition) is 6. The van der Waals surface area contributed by atoms with E-state index < -0.39 is 4.92 Å². The molecule has 1 N–H and O–H groups in total. The number of benzene rings is 3. The lowest BCUT2D eigenvalue weighted by Crippen LogP contribution is -2.00. The van der Waals surface area contributed by atoms with Crippen LogP contribution < -0.4 is 5.32 Å². The van der Waals surface area contributed by atoms with Crippen molar-refractivity contribution in [3.8, 4) is 11.4 Å². The van der Waals surface area contributed by atoms with Crippen LogP contribution in [0.3, 0.4) is 0 Å². The first-order valence-corrected chi connectivity index (χ1v) is 8.91. The summed E-state index contributed by atoms with van der Waals surface area (Å²) >= 11 is 0. The van der Waals surface area contributed by atoms with Crippen LogP contribution in [0, 0.1) is 10.1 Å². The molecule has 0 aliphatic heterocycles. The van der Waals surface area contributed by atoms with Crippen molar-refractivity contribution in [2.24, 2.45) is 0 Å². The van der Waals surface area contributed by atoms with Gasteiger partial charge in [0.15, 0.2) is 11.6 Å². The highest BCUT2D eigenvalue weighted by atomic mass is 16.6. The van der Waals surface area contributed by atoms with Gasteiger partial charge in [0.1, 0.15) is 5.82 Å². The van der Waals surface area contributed by atoms with Crippen LogP contribution in [-0.4, -0.2) is 20.7 Å². The fraction of sp³-hybridized carbons (Fsp3) is 0.0455. The molecule has 142 valence electrons. The van der Waals surface area contributed by atoms with Crippen LogP contribution in [0.1, 0.15) is 17.3 Å². The highest BCUT2D eigenvalue weighted by Crippen LogP contribution is 2.28. The third-order valence-corrected chi connectivity index (χ3v) is 4.47. The average Bonchev–Trinajstić information content (AvgIpc) is 2.74. The number of nitrogens with one attached hydrogen (secondary N) is 1. The van der Waals surface area contributed by atoms with E-state index in [4.69, 9.17) is 0 Å². The van der Waals surface area contributed by atoms with Crippen LogP contribution in [-0.2, 0) is 0 Å². The zero-order valence-corrected chi connectivity index (χ0v) is 15.5. The maximum atomic E-state index is 11.7. The molecule has 1 aromatic heterocycles. The normalized spacial score (nSPS) is 10.7. The molecule has 1 heterocycles. The summed E-state index contributed by atoms with van der Waals surface area (Å²) in [7, 11) is 0. The third kappa shape index (κ3) is 3.79. The largest absolute Gasteiger partial charge is 0.340 e. The lowest BCUT2D eigenvalue weighted by Gasteiger charge is -2.11. The molecule has 3 aromatic carbocycles. The molecular formula is C22H16N4O3. The van der Waals surface area contributed by atoms with Crippen LogP contribution in [0.15, 0.2) is 72.8 Å². The zero-order chi connectivity index (χ0) is 20.4. The maximum absolute atomic E-state index is 11.7. The van der Waals surface area contributed by atoms with Gasteiger partial charge in [-0.15, -0.1) is 0 Å². The van der Waals surface area contributed by atoms with Crippen molar-refractivity contribution in [3.05, 3.63) is 88.5 Å². The number of ketones is 1. The number of nitro groups is 1. The quantitative estimate of drug-likeness (QED) is 0.290. The lowest BCUT2D eigenvalue weighted by atomic mass is 10.1. The number of hydrogen-bond donors (Lipinski definition) is 1. The number of carbonyl (C=O) groups is 1. The van der Waals surface area contributed by atoms with Crippen molar-refractivity contribution in [2.75, 3.05) is 5.32 Å². The minimum atomic E-state index is -0.444. The van der Waals surface area contributed by atoms with Gasteiger partial charge in [-0.3, -0.25) is 14.9 Å². The maximum Gasteiger partial charge on any atom is 0.269 e. The number of Topliss-reactive ketones (excluding diaryl/α,β-unsaturated/α-hetero) is 1. The molecule has 0 aliphatic rings. The highest BCUT2D eigenvalue weighted by molar-refractivity contribution is 5.96. The Morgan fingerprint density at radius 3 is 2.45 bits per heavy atom. The summed E-state index contributed by atoms with van der Waals surface area (Å²) in [5, 5.41) is 15.0. The number of rotatable bonds is 5. The van der Waals surface area contributed by atoms with E-state index in [1.54, 1.807) is 30.3 Å². The van der Waals surface area contributed by atoms with Gasteiger partial charge in [-0.2, -0.15) is 0 Å². The number of fused-ring (bicyclic) bond motifs is 1. The Kier molecular flexibility index (Phi) is 4.70. The number of anilines is 2. The fourth-order valence-corrected chi connectivity index (χ4v) is 2.99. The molecule has 4 rings (SSSR count). The van der Waals surface area contributed by atoms with Gasteiger partial charge < -0.3 is 5.32 Å². The van der Waals surface area contributed by atoms with Gasteiger partial charge in [0.2, 0.25) is 0 Å². The topological polar surface area (TPSA) is 98.0 Å². The van der Waals surface area contributed by atoms with Crippen molar-refractivity contribution < 1.29 is 9.72 Å². The molecule has 29 heavy (non-hydrogen) atoms. The summed E-state index contributed by atoms with van der Waals surface area (Å²) in [6.07, 6.45) is 0. The van der Waals surface area contributed by atoms with E-state index in [2.05, 4.69) is 15.3 Å². The standard InChI is InChI=1S/C22H16N4O3/c1-14(27)16-5-4-6-17(13-16)23-22-19-7-2-3-8-20(19)24-21(25-22)15-9-11-18(12-10-15)26(28)29/h2-13H,1H3,(H,23,24,25). The van der Waals surface area contributed by atoms with E-state index in [0.717, 1.165) is 16.6 Å². The molecule has 0 amide bonds. The van der Waals surface area contributed by atoms with Gasteiger partial charge in [-0.05, 0) is 43.3 Å². The smallest absolute Gasteiger partial charge is 0.269 e. The summed E-state index contributed by atoms with van der Waals surface area (Å²) in [5.74, 6) is 1.02. The van der Waals surface area contributed by atoms with E-state index in [1.807, 2.05) is 30.3 Å². The van der Waals surface area contributed by atoms with Gasteiger partial charge in [-0.1, -0.05) is 24.3 Å². The summed E-state index contributed by atoms with van der Waals surface area (Å²) in [4.78, 5) is 31.4. The molecule has 0 bridgehead atoms. The van der Waals surface area contributed by atoms with E-state index in [-0.39, 0.29) is 11.5 Å². The van der Waals surface area contributed by atoms with Crippen molar-refractivity contribution >= 4 is 33.9 Å². The first kappa shape index (κ1) is 18.2. The Labute approximate surface area is 166 Å². The van der Waals surface area contributed by atoms with E-state index >= 15 is 0 Å². The van der Waals surface area contributed by atoms with Crippen LogP contribution >= 0.6 is 0 Å². The van der Waals surface area contributed by atoms with Crippen molar-refractivity contribution in [1.82, 2.24) is 9.97 Å². The number of non-ortho nitro benzene ring substituents is 1. The molecule has 0 radical (unpaired) electrons. The Hall–Kier alpha value is -4.13. The first-order valence-electron chi connectivity index (χ1n) is 8.91. The summed E-state index contributed by atoms with van der Waals surface area (Å²) in [5.41, 5.74) is 2.75. The van der Waals surface area contributed by atoms with Gasteiger partial charge >= 0.3 is 0 Å². The van der Waals surface area contributed by atoms with Crippen molar-refractivity contribution in [3.63, 3.8) is 0 Å². The van der Waals surface area contributed by atoms with Crippen molar-refractivity contribution in [1.29, 1.82) is 0 Å². The second-order valence-corrected chi connectivity index (χ2v) is 6.48. The lowest BCUT2D eigenvalue weighted by molar-refractivity contribution is -0.384. The first-order chi connectivity index (χ1) is 14.0. The number of nitro benzene ring substituents is 1. The fourth-order valence-electron chi connectivity index (χ4n) is 2.99.